The van der Waals surface area contributed by atoms with Crippen LogP contribution in [-0.4, -0.2) is 37.5 Å². The molecule has 5 nitrogen and oxygen atoms in total. The van der Waals surface area contributed by atoms with Gasteiger partial charge in [0, 0.05) is 11.6 Å². The van der Waals surface area contributed by atoms with Crippen molar-refractivity contribution in [3.8, 4) is 0 Å². The summed E-state index contributed by atoms with van der Waals surface area (Å²) in [4.78, 5) is 12.3. The molecule has 1 heterocycles. The predicted octanol–water partition coefficient (Wildman–Crippen LogP) is 1.94. The highest BCUT2D eigenvalue weighted by Crippen LogP contribution is 2.22. The van der Waals surface area contributed by atoms with Gasteiger partial charge in [0.1, 0.15) is 6.04 Å². The lowest BCUT2D eigenvalue weighted by Crippen LogP contribution is -2.46. The predicted molar refractivity (Wildman–Crippen MR) is 82.6 cm³/mol. The van der Waals surface area contributed by atoms with E-state index >= 15 is 0 Å². The fourth-order valence-electron chi connectivity index (χ4n) is 2.54. The number of nitrogens with zero attached hydrogens (tertiary/aromatic N) is 1. The average molecular weight is 331 g/mol. The second-order valence-electron chi connectivity index (χ2n) is 5.31. The van der Waals surface area contributed by atoms with Gasteiger partial charge in [-0.2, -0.15) is 4.31 Å². The van der Waals surface area contributed by atoms with Crippen LogP contribution in [0.2, 0.25) is 5.02 Å². The first-order valence-electron chi connectivity index (χ1n) is 6.81. The first-order chi connectivity index (χ1) is 9.79. The van der Waals surface area contributed by atoms with E-state index in [1.54, 1.807) is 12.1 Å². The van der Waals surface area contributed by atoms with Crippen molar-refractivity contribution in [2.75, 3.05) is 12.8 Å². The molecular formula is C14H19ClN2O3S. The second-order valence-corrected chi connectivity index (χ2v) is 7.69. The van der Waals surface area contributed by atoms with Gasteiger partial charge < -0.3 is 5.32 Å². The molecule has 1 aromatic rings. The Morgan fingerprint density at radius 2 is 2.00 bits per heavy atom. The zero-order chi connectivity index (χ0) is 15.6. The van der Waals surface area contributed by atoms with Crippen molar-refractivity contribution in [1.82, 2.24) is 9.62 Å². The summed E-state index contributed by atoms with van der Waals surface area (Å²) in [6.07, 6.45) is 2.41. The number of nitrogens with one attached hydrogen (secondary N) is 1. The first-order valence-corrected chi connectivity index (χ1v) is 9.04. The molecule has 0 radical (unpaired) electrons. The van der Waals surface area contributed by atoms with E-state index in [9.17, 15) is 13.2 Å². The van der Waals surface area contributed by atoms with Gasteiger partial charge in [0.2, 0.25) is 15.9 Å². The zero-order valence-electron chi connectivity index (χ0n) is 12.0. The molecular weight excluding hydrogens is 312 g/mol. The van der Waals surface area contributed by atoms with Crippen LogP contribution in [0.3, 0.4) is 0 Å². The number of carbonyl (C=O) groups is 1. The molecule has 1 aromatic carbocycles. The summed E-state index contributed by atoms with van der Waals surface area (Å²) in [6.45, 7) is 2.27. The maximum absolute atomic E-state index is 12.3. The Hall–Kier alpha value is -1.11. The molecule has 2 rings (SSSR count). The Morgan fingerprint density at radius 1 is 1.38 bits per heavy atom. The van der Waals surface area contributed by atoms with Crippen LogP contribution in [0.5, 0.6) is 0 Å². The Balaban J connectivity index is 2.05. The van der Waals surface area contributed by atoms with Gasteiger partial charge in [-0.05, 0) is 37.5 Å². The number of hydrogen-bond acceptors (Lipinski definition) is 3. The lowest BCUT2D eigenvalue weighted by atomic mass is 10.1. The van der Waals surface area contributed by atoms with Gasteiger partial charge in [0.15, 0.2) is 0 Å². The molecule has 21 heavy (non-hydrogen) atoms. The molecule has 0 unspecified atom stereocenters. The van der Waals surface area contributed by atoms with Crippen molar-refractivity contribution in [2.45, 2.75) is 31.8 Å². The molecule has 0 saturated carbocycles. The van der Waals surface area contributed by atoms with Crippen LogP contribution in [0.25, 0.3) is 0 Å². The molecule has 0 bridgehead atoms. The summed E-state index contributed by atoms with van der Waals surface area (Å²) in [6, 6.07) is 6.41. The number of rotatable bonds is 4. The van der Waals surface area contributed by atoms with Gasteiger partial charge in [-0.1, -0.05) is 23.7 Å². The van der Waals surface area contributed by atoms with Crippen LogP contribution in [0, 0.1) is 0 Å². The number of sulfonamides is 1. The molecule has 1 saturated heterocycles. The number of benzene rings is 1. The van der Waals surface area contributed by atoms with Crippen molar-refractivity contribution >= 4 is 27.5 Å². The van der Waals surface area contributed by atoms with Crippen molar-refractivity contribution in [1.29, 1.82) is 0 Å². The minimum atomic E-state index is -3.35. The fourth-order valence-corrected chi connectivity index (χ4v) is 3.79. The third-order valence-electron chi connectivity index (χ3n) is 3.66. The van der Waals surface area contributed by atoms with Gasteiger partial charge >= 0.3 is 0 Å². The summed E-state index contributed by atoms with van der Waals surface area (Å²) in [5.41, 5.74) is 0.927. The Bertz CT molecular complexity index is 616. The zero-order valence-corrected chi connectivity index (χ0v) is 13.6. The molecule has 2 atom stereocenters. The normalized spacial score (nSPS) is 21.2. The van der Waals surface area contributed by atoms with Crippen LogP contribution in [0.4, 0.5) is 0 Å². The lowest BCUT2D eigenvalue weighted by Gasteiger charge is -2.23. The summed E-state index contributed by atoms with van der Waals surface area (Å²) in [5, 5.41) is 3.51. The Morgan fingerprint density at radius 3 is 2.57 bits per heavy atom. The maximum atomic E-state index is 12.3. The molecule has 1 aliphatic rings. The van der Waals surface area contributed by atoms with Crippen molar-refractivity contribution < 1.29 is 13.2 Å². The molecule has 116 valence electrons. The molecule has 0 aliphatic carbocycles. The van der Waals surface area contributed by atoms with Crippen molar-refractivity contribution in [3.05, 3.63) is 34.9 Å². The molecule has 7 heteroatoms. The standard InChI is InChI=1S/C14H19ClN2O3S/c1-10(11-5-7-12(15)8-6-11)16-14(18)13-4-3-9-17(13)21(2,19)20/h5-8,10,13H,3-4,9H2,1-2H3,(H,16,18)/t10-,13-/m0/s1. The van der Waals surface area contributed by atoms with Gasteiger partial charge in [-0.25, -0.2) is 8.42 Å². The molecule has 1 N–H and O–H groups in total. The minimum absolute atomic E-state index is 0.197. The van der Waals surface area contributed by atoms with E-state index in [1.807, 2.05) is 19.1 Å². The fraction of sp³-hybridized carbons (Fsp3) is 0.500. The number of amides is 1. The van der Waals surface area contributed by atoms with Gasteiger partial charge in [-0.15, -0.1) is 0 Å². The van der Waals surface area contributed by atoms with Gasteiger partial charge in [-0.3, -0.25) is 4.79 Å². The quantitative estimate of drug-likeness (QED) is 0.917. The van der Waals surface area contributed by atoms with Crippen LogP contribution in [-0.2, 0) is 14.8 Å². The molecule has 1 amide bonds. The largest absolute Gasteiger partial charge is 0.348 e. The third kappa shape index (κ3) is 3.96. The minimum Gasteiger partial charge on any atom is -0.348 e. The SMILES string of the molecule is C[C@H](NC(=O)[C@@H]1CCCN1S(C)(=O)=O)c1ccc(Cl)cc1. The summed E-state index contributed by atoms with van der Waals surface area (Å²) < 4.78 is 24.6. The molecule has 0 aromatic heterocycles. The topological polar surface area (TPSA) is 66.5 Å². The highest BCUT2D eigenvalue weighted by Gasteiger charge is 2.36. The van der Waals surface area contributed by atoms with Crippen LogP contribution in [0.15, 0.2) is 24.3 Å². The molecule has 1 fully saturated rings. The van der Waals surface area contributed by atoms with Crippen LogP contribution >= 0.6 is 11.6 Å². The van der Waals surface area contributed by atoms with Gasteiger partial charge in [0.05, 0.1) is 12.3 Å². The Kier molecular flexibility index (Phi) is 4.91. The number of halogens is 1. The highest BCUT2D eigenvalue weighted by atomic mass is 35.5. The lowest BCUT2D eigenvalue weighted by molar-refractivity contribution is -0.124. The third-order valence-corrected chi connectivity index (χ3v) is 5.20. The average Bonchev–Trinajstić information content (AvgIpc) is 2.88. The second kappa shape index (κ2) is 6.34. The van der Waals surface area contributed by atoms with Crippen LogP contribution < -0.4 is 5.32 Å². The van der Waals surface area contributed by atoms with E-state index in [0.29, 0.717) is 24.4 Å². The van der Waals surface area contributed by atoms with Gasteiger partial charge in [0.25, 0.3) is 0 Å². The van der Waals surface area contributed by atoms with E-state index in [4.69, 9.17) is 11.6 Å². The molecule has 1 aliphatic heterocycles. The van der Waals surface area contributed by atoms with E-state index in [-0.39, 0.29) is 11.9 Å². The monoisotopic (exact) mass is 330 g/mol. The van der Waals surface area contributed by atoms with E-state index < -0.39 is 16.1 Å². The Labute approximate surface area is 130 Å². The van der Waals surface area contributed by atoms with E-state index in [0.717, 1.165) is 11.8 Å². The smallest absolute Gasteiger partial charge is 0.238 e. The van der Waals surface area contributed by atoms with E-state index in [2.05, 4.69) is 5.32 Å². The van der Waals surface area contributed by atoms with Crippen LogP contribution in [0.1, 0.15) is 31.4 Å². The highest BCUT2D eigenvalue weighted by molar-refractivity contribution is 7.88. The van der Waals surface area contributed by atoms with Crippen molar-refractivity contribution in [3.63, 3.8) is 0 Å². The summed E-state index contributed by atoms with van der Waals surface area (Å²) >= 11 is 5.83. The maximum Gasteiger partial charge on any atom is 0.238 e. The summed E-state index contributed by atoms with van der Waals surface area (Å²) in [5.74, 6) is -0.250. The summed E-state index contributed by atoms with van der Waals surface area (Å²) in [7, 11) is -3.35. The number of carbonyl (C=O) groups excluding carboxylic acids is 1. The molecule has 0 spiro atoms. The number of hydrogen-bond donors (Lipinski definition) is 1. The first kappa shape index (κ1) is 16.3. The van der Waals surface area contributed by atoms with Crippen molar-refractivity contribution in [2.24, 2.45) is 0 Å². The van der Waals surface area contributed by atoms with E-state index in [1.165, 1.54) is 4.31 Å².